The minimum Gasteiger partial charge on any atom is -0.301 e. The molecule has 0 aliphatic rings. The molecular formula is C13H14N2O6S2. The van der Waals surface area contributed by atoms with E-state index >= 15 is 0 Å². The Morgan fingerprint density at radius 3 is 2.17 bits per heavy atom. The molecule has 4 N–H and O–H groups in total. The molecule has 0 bridgehead atoms. The van der Waals surface area contributed by atoms with Crippen LogP contribution in [0.1, 0.15) is 5.56 Å². The highest BCUT2D eigenvalue weighted by molar-refractivity contribution is 7.86. The number of aryl methyl sites for hydroxylation is 1. The molecule has 0 amide bonds. The van der Waals surface area contributed by atoms with E-state index in [0.717, 1.165) is 11.6 Å². The van der Waals surface area contributed by atoms with Gasteiger partial charge in [-0.3, -0.25) is 14.5 Å². The maximum absolute atomic E-state index is 11.3. The first-order chi connectivity index (χ1) is 10.6. The number of hydrogen-bond donors (Lipinski definition) is 4. The summed E-state index contributed by atoms with van der Waals surface area (Å²) >= 11 is 0. The third kappa shape index (κ3) is 4.42. The normalized spacial score (nSPS) is 12.0. The smallest absolute Gasteiger partial charge is 0.296 e. The summed E-state index contributed by atoms with van der Waals surface area (Å²) in [5, 5.41) is 0. The Labute approximate surface area is 133 Å². The van der Waals surface area contributed by atoms with Crippen molar-refractivity contribution < 1.29 is 25.9 Å². The Bertz CT molecular complexity index is 939. The van der Waals surface area contributed by atoms with Crippen LogP contribution in [0.25, 0.3) is 0 Å². The van der Waals surface area contributed by atoms with E-state index in [1.807, 2.05) is 0 Å². The van der Waals surface area contributed by atoms with Gasteiger partial charge < -0.3 is 5.43 Å². The molecular weight excluding hydrogens is 344 g/mol. The summed E-state index contributed by atoms with van der Waals surface area (Å²) in [5.41, 5.74) is 6.30. The summed E-state index contributed by atoms with van der Waals surface area (Å²) < 4.78 is 63.0. The van der Waals surface area contributed by atoms with Gasteiger partial charge in [0.2, 0.25) is 0 Å². The maximum Gasteiger partial charge on any atom is 0.296 e. The van der Waals surface area contributed by atoms with Crippen molar-refractivity contribution in [1.82, 2.24) is 0 Å². The average molecular weight is 358 g/mol. The number of benzene rings is 2. The van der Waals surface area contributed by atoms with Crippen LogP contribution in [0.15, 0.2) is 52.3 Å². The van der Waals surface area contributed by atoms with Crippen LogP contribution in [0.4, 0.5) is 11.4 Å². The van der Waals surface area contributed by atoms with E-state index in [-0.39, 0.29) is 21.2 Å². The predicted octanol–water partition coefficient (Wildman–Crippen LogP) is 1.93. The Hall–Kier alpha value is -2.14. The highest BCUT2D eigenvalue weighted by Gasteiger charge is 2.15. The van der Waals surface area contributed by atoms with Crippen molar-refractivity contribution in [2.75, 3.05) is 10.9 Å². The summed E-state index contributed by atoms with van der Waals surface area (Å²) in [5.74, 6) is 0. The standard InChI is InChI=1S/C13H14N2O6S2/c1-9-5-6-13(23(19,20)21)12(7-9)15-14-10-3-2-4-11(8-10)22(16,17)18/h2-8,14-15H,1H3,(H,16,17,18)(H,19,20,21). The fourth-order valence-electron chi connectivity index (χ4n) is 1.84. The maximum atomic E-state index is 11.3. The molecule has 8 nitrogen and oxygen atoms in total. The molecule has 0 aromatic heterocycles. The molecule has 0 saturated carbocycles. The van der Waals surface area contributed by atoms with Crippen LogP contribution in [0.2, 0.25) is 0 Å². The first-order valence-electron chi connectivity index (χ1n) is 6.25. The van der Waals surface area contributed by atoms with Crippen LogP contribution in [0.3, 0.4) is 0 Å². The van der Waals surface area contributed by atoms with Crippen molar-refractivity contribution in [1.29, 1.82) is 0 Å². The van der Waals surface area contributed by atoms with Crippen molar-refractivity contribution in [2.45, 2.75) is 16.7 Å². The second-order valence-corrected chi connectivity index (χ2v) is 7.54. The van der Waals surface area contributed by atoms with E-state index < -0.39 is 20.2 Å². The van der Waals surface area contributed by atoms with Gasteiger partial charge in [-0.1, -0.05) is 12.1 Å². The molecule has 2 aromatic carbocycles. The third-order valence-electron chi connectivity index (χ3n) is 2.89. The van der Waals surface area contributed by atoms with Crippen LogP contribution >= 0.6 is 0 Å². The molecule has 0 atom stereocenters. The lowest BCUT2D eigenvalue weighted by Crippen LogP contribution is -2.13. The summed E-state index contributed by atoms with van der Waals surface area (Å²) in [7, 11) is -8.77. The Morgan fingerprint density at radius 1 is 0.870 bits per heavy atom. The minimum atomic E-state index is -4.42. The minimum absolute atomic E-state index is 0.0877. The van der Waals surface area contributed by atoms with Crippen molar-refractivity contribution in [3.05, 3.63) is 48.0 Å². The summed E-state index contributed by atoms with van der Waals surface area (Å²) in [6.07, 6.45) is 0. The molecule has 0 saturated heterocycles. The lowest BCUT2D eigenvalue weighted by atomic mass is 10.2. The number of hydrogen-bond acceptors (Lipinski definition) is 6. The van der Waals surface area contributed by atoms with Crippen molar-refractivity contribution in [3.8, 4) is 0 Å². The summed E-state index contributed by atoms with van der Waals surface area (Å²) in [4.78, 5) is -0.648. The van der Waals surface area contributed by atoms with Gasteiger partial charge in [-0.25, -0.2) is 0 Å². The molecule has 124 valence electrons. The molecule has 10 heteroatoms. The van der Waals surface area contributed by atoms with Crippen molar-refractivity contribution in [2.24, 2.45) is 0 Å². The topological polar surface area (TPSA) is 133 Å². The number of rotatable bonds is 5. The fourth-order valence-corrected chi connectivity index (χ4v) is 2.99. The first kappa shape index (κ1) is 17.2. The monoisotopic (exact) mass is 358 g/mol. The molecule has 0 heterocycles. The van der Waals surface area contributed by atoms with E-state index in [0.29, 0.717) is 0 Å². The van der Waals surface area contributed by atoms with Crippen LogP contribution in [0.5, 0.6) is 0 Å². The molecule has 2 rings (SSSR count). The zero-order valence-electron chi connectivity index (χ0n) is 11.9. The lowest BCUT2D eigenvalue weighted by molar-refractivity contribution is 0.481. The molecule has 2 aromatic rings. The quantitative estimate of drug-likeness (QED) is 0.471. The SMILES string of the molecule is Cc1ccc(S(=O)(=O)O)c(NNc2cccc(S(=O)(=O)O)c2)c1. The predicted molar refractivity (Wildman–Crippen MR) is 84.5 cm³/mol. The first-order valence-corrected chi connectivity index (χ1v) is 9.13. The highest BCUT2D eigenvalue weighted by atomic mass is 32.2. The van der Waals surface area contributed by atoms with Gasteiger partial charge in [0.25, 0.3) is 20.2 Å². The zero-order chi connectivity index (χ0) is 17.3. The lowest BCUT2D eigenvalue weighted by Gasteiger charge is -2.13. The molecule has 0 aliphatic heterocycles. The number of hydrazine groups is 1. The van der Waals surface area contributed by atoms with E-state index in [1.54, 1.807) is 6.92 Å². The average Bonchev–Trinajstić information content (AvgIpc) is 2.43. The fraction of sp³-hybridized carbons (Fsp3) is 0.0769. The highest BCUT2D eigenvalue weighted by Crippen LogP contribution is 2.23. The van der Waals surface area contributed by atoms with Gasteiger partial charge in [0, 0.05) is 0 Å². The number of anilines is 2. The van der Waals surface area contributed by atoms with E-state index in [4.69, 9.17) is 4.55 Å². The summed E-state index contributed by atoms with van der Waals surface area (Å²) in [6.45, 7) is 1.73. The molecule has 0 unspecified atom stereocenters. The van der Waals surface area contributed by atoms with Gasteiger partial charge in [-0.05, 0) is 42.8 Å². The van der Waals surface area contributed by atoms with Crippen LogP contribution in [0, 0.1) is 6.92 Å². The van der Waals surface area contributed by atoms with Gasteiger partial charge in [0.15, 0.2) is 0 Å². The van der Waals surface area contributed by atoms with Crippen LogP contribution < -0.4 is 10.9 Å². The Kier molecular flexibility index (Phi) is 4.61. The van der Waals surface area contributed by atoms with Crippen molar-refractivity contribution in [3.63, 3.8) is 0 Å². The van der Waals surface area contributed by atoms with Gasteiger partial charge >= 0.3 is 0 Å². The third-order valence-corrected chi connectivity index (χ3v) is 4.65. The van der Waals surface area contributed by atoms with E-state index in [9.17, 15) is 21.4 Å². The molecule has 0 aliphatic carbocycles. The second kappa shape index (κ2) is 6.16. The zero-order valence-corrected chi connectivity index (χ0v) is 13.5. The summed E-state index contributed by atoms with van der Waals surface area (Å²) in [6, 6.07) is 9.51. The van der Waals surface area contributed by atoms with Crippen LogP contribution in [-0.2, 0) is 20.2 Å². The molecule has 0 fully saturated rings. The van der Waals surface area contributed by atoms with E-state index in [2.05, 4.69) is 10.9 Å². The van der Waals surface area contributed by atoms with Crippen molar-refractivity contribution >= 4 is 31.6 Å². The Balaban J connectivity index is 2.30. The van der Waals surface area contributed by atoms with E-state index in [1.165, 1.54) is 36.4 Å². The van der Waals surface area contributed by atoms with Crippen LogP contribution in [-0.4, -0.2) is 25.9 Å². The van der Waals surface area contributed by atoms with Gasteiger partial charge in [0.1, 0.15) is 4.90 Å². The number of nitrogens with one attached hydrogen (secondary N) is 2. The largest absolute Gasteiger partial charge is 0.301 e. The Morgan fingerprint density at radius 2 is 1.57 bits per heavy atom. The molecule has 23 heavy (non-hydrogen) atoms. The molecule has 0 spiro atoms. The van der Waals surface area contributed by atoms with Gasteiger partial charge in [-0.2, -0.15) is 16.8 Å². The van der Waals surface area contributed by atoms with Gasteiger partial charge in [-0.15, -0.1) is 0 Å². The van der Waals surface area contributed by atoms with Gasteiger partial charge in [0.05, 0.1) is 16.3 Å². The molecule has 0 radical (unpaired) electrons. The second-order valence-electron chi connectivity index (χ2n) is 4.73.